The number of hydrogen-bond acceptors (Lipinski definition) is 8. The molecular weight excluding hydrogens is 451 g/mol. The first kappa shape index (κ1) is 22.6. The Hall–Kier alpha value is -3.14. The minimum absolute atomic E-state index is 0.261. The Balaban J connectivity index is 1.43. The second-order valence-electron chi connectivity index (χ2n) is 8.61. The summed E-state index contributed by atoms with van der Waals surface area (Å²) in [7, 11) is 4.08. The Morgan fingerprint density at radius 1 is 1.12 bits per heavy atom. The van der Waals surface area contributed by atoms with Crippen molar-refractivity contribution in [3.8, 4) is 10.6 Å². The van der Waals surface area contributed by atoms with Gasteiger partial charge in [0.1, 0.15) is 22.5 Å². The number of aryl methyl sites for hydroxylation is 1. The lowest BCUT2D eigenvalue weighted by molar-refractivity contribution is 0.122. The molecule has 5 rings (SSSR count). The van der Waals surface area contributed by atoms with Crippen molar-refractivity contribution in [3.05, 3.63) is 59.7 Å². The van der Waals surface area contributed by atoms with Gasteiger partial charge in [-0.05, 0) is 44.8 Å². The molecule has 3 aromatic heterocycles. The highest BCUT2D eigenvalue weighted by Gasteiger charge is 2.18. The molecule has 1 saturated heterocycles. The van der Waals surface area contributed by atoms with Crippen LogP contribution in [0, 0.1) is 12.7 Å². The minimum atomic E-state index is -0.261. The number of morpholine rings is 1. The lowest BCUT2D eigenvalue weighted by Crippen LogP contribution is -2.37. The van der Waals surface area contributed by atoms with E-state index in [-0.39, 0.29) is 5.82 Å². The quantitative estimate of drug-likeness (QED) is 0.425. The zero-order valence-electron chi connectivity index (χ0n) is 19.5. The van der Waals surface area contributed by atoms with E-state index in [2.05, 4.69) is 26.2 Å². The second kappa shape index (κ2) is 9.61. The molecule has 4 aromatic rings. The summed E-state index contributed by atoms with van der Waals surface area (Å²) in [5.74, 6) is 1.11. The van der Waals surface area contributed by atoms with E-state index in [1.807, 2.05) is 39.2 Å². The molecule has 9 heteroatoms. The van der Waals surface area contributed by atoms with Crippen molar-refractivity contribution < 1.29 is 9.13 Å². The van der Waals surface area contributed by atoms with Gasteiger partial charge in [0, 0.05) is 37.5 Å². The molecule has 1 aliphatic heterocycles. The second-order valence-corrected chi connectivity index (χ2v) is 9.64. The predicted octanol–water partition coefficient (Wildman–Crippen LogP) is 4.84. The summed E-state index contributed by atoms with van der Waals surface area (Å²) in [6, 6.07) is 11.1. The molecule has 1 aromatic carbocycles. The summed E-state index contributed by atoms with van der Waals surface area (Å²) in [5, 5.41) is 3.98. The highest BCUT2D eigenvalue weighted by molar-refractivity contribution is 7.21. The molecule has 1 aliphatic rings. The summed E-state index contributed by atoms with van der Waals surface area (Å²) in [4.78, 5) is 18.6. The van der Waals surface area contributed by atoms with Crippen LogP contribution in [0.2, 0.25) is 0 Å². The Bertz CT molecular complexity index is 1300. The van der Waals surface area contributed by atoms with Crippen molar-refractivity contribution in [3.63, 3.8) is 0 Å². The average Bonchev–Trinajstić information content (AvgIpc) is 3.22. The number of thiazole rings is 1. The third-order valence-corrected chi connectivity index (χ3v) is 6.76. The van der Waals surface area contributed by atoms with Crippen molar-refractivity contribution in [1.29, 1.82) is 0 Å². The number of nitrogens with one attached hydrogen (secondary N) is 1. The summed E-state index contributed by atoms with van der Waals surface area (Å²) in [6.07, 6.45) is 1.78. The van der Waals surface area contributed by atoms with Crippen LogP contribution in [0.1, 0.15) is 11.3 Å². The first-order valence-electron chi connectivity index (χ1n) is 11.2. The number of benzene rings is 1. The third kappa shape index (κ3) is 4.72. The standard InChI is InChI=1S/C25H27FN6OS/c1-16-5-4-6-17(26)24(16)25-29-18-13-23(27-14-21(18)34-25)30-22-8-7-20(19(28-22)15-31(2)3)32-9-11-33-12-10-32/h4-8,13-14H,9-12,15H2,1-3H3,(H,27,28,30). The maximum absolute atomic E-state index is 14.4. The molecule has 0 saturated carbocycles. The van der Waals surface area contributed by atoms with Crippen LogP contribution in [0.5, 0.6) is 0 Å². The van der Waals surface area contributed by atoms with Crippen LogP contribution in [0.3, 0.4) is 0 Å². The van der Waals surface area contributed by atoms with E-state index in [9.17, 15) is 4.39 Å². The van der Waals surface area contributed by atoms with Gasteiger partial charge in [0.15, 0.2) is 0 Å². The molecule has 0 spiro atoms. The van der Waals surface area contributed by atoms with Gasteiger partial charge in [-0.1, -0.05) is 12.1 Å². The van der Waals surface area contributed by atoms with E-state index < -0.39 is 0 Å². The van der Waals surface area contributed by atoms with Gasteiger partial charge in [0.05, 0.1) is 34.8 Å². The Morgan fingerprint density at radius 3 is 2.71 bits per heavy atom. The van der Waals surface area contributed by atoms with E-state index in [1.165, 1.54) is 17.4 Å². The van der Waals surface area contributed by atoms with Crippen LogP contribution in [0.25, 0.3) is 20.8 Å². The van der Waals surface area contributed by atoms with Crippen LogP contribution in [-0.2, 0) is 11.3 Å². The van der Waals surface area contributed by atoms with Crippen molar-refractivity contribution >= 4 is 38.9 Å². The maximum atomic E-state index is 14.4. The minimum Gasteiger partial charge on any atom is -0.378 e. The van der Waals surface area contributed by atoms with Crippen molar-refractivity contribution in [2.45, 2.75) is 13.5 Å². The zero-order chi connectivity index (χ0) is 23.7. The summed E-state index contributed by atoms with van der Waals surface area (Å²) < 4.78 is 20.9. The van der Waals surface area contributed by atoms with Crippen molar-refractivity contribution in [2.24, 2.45) is 0 Å². The van der Waals surface area contributed by atoms with Gasteiger partial charge in [0.2, 0.25) is 0 Å². The Morgan fingerprint density at radius 2 is 1.94 bits per heavy atom. The topological polar surface area (TPSA) is 66.4 Å². The van der Waals surface area contributed by atoms with Gasteiger partial charge >= 0.3 is 0 Å². The maximum Gasteiger partial charge on any atom is 0.133 e. The van der Waals surface area contributed by atoms with Crippen LogP contribution >= 0.6 is 11.3 Å². The summed E-state index contributed by atoms with van der Waals surface area (Å²) >= 11 is 1.44. The molecule has 176 valence electrons. The van der Waals surface area contributed by atoms with Gasteiger partial charge in [-0.2, -0.15) is 0 Å². The molecule has 0 aliphatic carbocycles. The molecule has 0 atom stereocenters. The van der Waals surface area contributed by atoms with Crippen LogP contribution < -0.4 is 10.2 Å². The van der Waals surface area contributed by atoms with E-state index in [0.717, 1.165) is 65.8 Å². The number of hydrogen-bond donors (Lipinski definition) is 1. The third-order valence-electron chi connectivity index (χ3n) is 5.74. The first-order chi connectivity index (χ1) is 16.5. The molecule has 1 N–H and O–H groups in total. The Kier molecular flexibility index (Phi) is 6.40. The summed E-state index contributed by atoms with van der Waals surface area (Å²) in [5.41, 5.74) is 4.33. The van der Waals surface area contributed by atoms with Gasteiger partial charge < -0.3 is 19.9 Å². The zero-order valence-corrected chi connectivity index (χ0v) is 20.3. The van der Waals surface area contributed by atoms with Crippen molar-refractivity contribution in [1.82, 2.24) is 19.9 Å². The van der Waals surface area contributed by atoms with Gasteiger partial charge in [-0.3, -0.25) is 0 Å². The SMILES string of the molecule is Cc1cccc(F)c1-c1nc2cc(Nc3ccc(N4CCOCC4)c(CN(C)C)n3)ncc2s1. The fraction of sp³-hybridized carbons (Fsp3) is 0.320. The largest absolute Gasteiger partial charge is 0.378 e. The highest BCUT2D eigenvalue weighted by atomic mass is 32.1. The molecule has 7 nitrogen and oxygen atoms in total. The molecule has 1 fully saturated rings. The molecule has 34 heavy (non-hydrogen) atoms. The number of anilines is 3. The van der Waals surface area contributed by atoms with E-state index in [4.69, 9.17) is 14.7 Å². The molecular formula is C25H27FN6OS. The number of halogens is 1. The molecule has 0 amide bonds. The number of ether oxygens (including phenoxy) is 1. The van der Waals surface area contributed by atoms with Gasteiger partial charge in [-0.25, -0.2) is 19.3 Å². The fourth-order valence-corrected chi connectivity index (χ4v) is 5.14. The lowest BCUT2D eigenvalue weighted by Gasteiger charge is -2.31. The van der Waals surface area contributed by atoms with Crippen LogP contribution in [0.15, 0.2) is 42.6 Å². The predicted molar refractivity (Wildman–Crippen MR) is 135 cm³/mol. The number of fused-ring (bicyclic) bond motifs is 1. The molecule has 4 heterocycles. The van der Waals surface area contributed by atoms with Crippen LogP contribution in [-0.4, -0.2) is 60.3 Å². The van der Waals surface area contributed by atoms with Gasteiger partial charge in [0.25, 0.3) is 0 Å². The molecule has 0 unspecified atom stereocenters. The normalized spacial score (nSPS) is 14.2. The molecule has 0 radical (unpaired) electrons. The average molecular weight is 479 g/mol. The monoisotopic (exact) mass is 478 g/mol. The lowest BCUT2D eigenvalue weighted by atomic mass is 10.1. The number of nitrogens with zero attached hydrogens (tertiary/aromatic N) is 5. The first-order valence-corrected chi connectivity index (χ1v) is 12.1. The van der Waals surface area contributed by atoms with Crippen LogP contribution in [0.4, 0.5) is 21.7 Å². The van der Waals surface area contributed by atoms with Gasteiger partial charge in [-0.15, -0.1) is 11.3 Å². The highest BCUT2D eigenvalue weighted by Crippen LogP contribution is 2.34. The number of aromatic nitrogens is 3. The van der Waals surface area contributed by atoms with Crippen molar-refractivity contribution in [2.75, 3.05) is 50.6 Å². The number of rotatable bonds is 6. The fourth-order valence-electron chi connectivity index (χ4n) is 4.12. The Labute approximate surface area is 202 Å². The van der Waals surface area contributed by atoms with E-state index >= 15 is 0 Å². The smallest absolute Gasteiger partial charge is 0.133 e. The van der Waals surface area contributed by atoms with E-state index in [1.54, 1.807) is 12.3 Å². The summed E-state index contributed by atoms with van der Waals surface area (Å²) in [6.45, 7) is 5.81. The molecule has 0 bridgehead atoms. The number of pyridine rings is 2. The van der Waals surface area contributed by atoms with E-state index in [0.29, 0.717) is 16.4 Å².